The first-order chi connectivity index (χ1) is 10.5. The van der Waals surface area contributed by atoms with Crippen molar-refractivity contribution in [1.82, 2.24) is 0 Å². The number of phenols is 1. The number of hydrogen-bond donors (Lipinski definition) is 2. The average molecular weight is 335 g/mol. The zero-order chi connectivity index (χ0) is 17.5. The second kappa shape index (κ2) is 5.36. The van der Waals surface area contributed by atoms with Crippen LogP contribution in [0.3, 0.4) is 0 Å². The van der Waals surface area contributed by atoms with Gasteiger partial charge in [0.2, 0.25) is 5.41 Å². The topological polar surface area (TPSA) is 46.2 Å². The summed E-state index contributed by atoms with van der Waals surface area (Å²) < 4.78 is 81.8. The number of nitrogen functional groups attached to an aromatic ring is 1. The quantitative estimate of drug-likeness (QED) is 0.632. The fourth-order valence-electron chi connectivity index (χ4n) is 2.43. The Balaban J connectivity index is 2.86. The van der Waals surface area contributed by atoms with Crippen LogP contribution in [0.2, 0.25) is 0 Å². The lowest BCUT2D eigenvalue weighted by molar-refractivity contribution is -0.288. The van der Waals surface area contributed by atoms with Crippen LogP contribution in [0.15, 0.2) is 48.5 Å². The third kappa shape index (κ3) is 2.69. The standard InChI is InChI=1S/C15H11F6NO/c16-14(17,18)13(15(19,20)21,9-1-5-11(22)6-2-9)10-3-7-12(23)8-4-10/h1-8,23H,22H2. The van der Waals surface area contributed by atoms with E-state index in [0.29, 0.717) is 24.3 Å². The molecule has 0 aliphatic rings. The van der Waals surface area contributed by atoms with Gasteiger partial charge in [-0.3, -0.25) is 0 Å². The Bertz CT molecular complexity index is 612. The highest BCUT2D eigenvalue weighted by molar-refractivity contribution is 5.49. The molecule has 0 amide bonds. The van der Waals surface area contributed by atoms with E-state index in [2.05, 4.69) is 0 Å². The first-order valence-corrected chi connectivity index (χ1v) is 6.29. The van der Waals surface area contributed by atoms with E-state index in [1.165, 1.54) is 0 Å². The predicted octanol–water partition coefficient (Wildman–Crippen LogP) is 4.39. The van der Waals surface area contributed by atoms with E-state index in [-0.39, 0.29) is 5.69 Å². The van der Waals surface area contributed by atoms with E-state index in [1.54, 1.807) is 0 Å². The molecule has 0 atom stereocenters. The summed E-state index contributed by atoms with van der Waals surface area (Å²) in [5.41, 5.74) is -0.874. The fourth-order valence-corrected chi connectivity index (χ4v) is 2.43. The molecular formula is C15H11F6NO. The molecule has 2 aromatic carbocycles. The predicted molar refractivity (Wildman–Crippen MR) is 71.9 cm³/mol. The van der Waals surface area contributed by atoms with Crippen molar-refractivity contribution in [3.63, 3.8) is 0 Å². The summed E-state index contributed by atoms with van der Waals surface area (Å²) >= 11 is 0. The van der Waals surface area contributed by atoms with Crippen molar-refractivity contribution in [1.29, 1.82) is 0 Å². The molecule has 2 rings (SSSR count). The second-order valence-corrected chi connectivity index (χ2v) is 4.91. The number of alkyl halides is 6. The third-order valence-corrected chi connectivity index (χ3v) is 3.49. The van der Waals surface area contributed by atoms with E-state index in [9.17, 15) is 26.3 Å². The number of anilines is 1. The largest absolute Gasteiger partial charge is 0.508 e. The van der Waals surface area contributed by atoms with Crippen LogP contribution in [0, 0.1) is 0 Å². The molecule has 3 N–H and O–H groups in total. The zero-order valence-electron chi connectivity index (χ0n) is 11.4. The van der Waals surface area contributed by atoms with Crippen molar-refractivity contribution in [3.05, 3.63) is 59.7 Å². The minimum atomic E-state index is -5.65. The zero-order valence-corrected chi connectivity index (χ0v) is 11.4. The summed E-state index contributed by atoms with van der Waals surface area (Å²) in [6, 6.07) is 6.10. The van der Waals surface area contributed by atoms with Gasteiger partial charge in [0.25, 0.3) is 0 Å². The van der Waals surface area contributed by atoms with Gasteiger partial charge in [-0.2, -0.15) is 26.3 Å². The highest BCUT2D eigenvalue weighted by Crippen LogP contribution is 2.56. The normalized spacial score (nSPS) is 13.1. The number of halogens is 6. The molecule has 0 unspecified atom stereocenters. The number of rotatable bonds is 2. The van der Waals surface area contributed by atoms with Gasteiger partial charge in [0, 0.05) is 5.69 Å². The molecule has 2 nitrogen and oxygen atoms in total. The minimum Gasteiger partial charge on any atom is -0.508 e. The van der Waals surface area contributed by atoms with Gasteiger partial charge >= 0.3 is 12.4 Å². The Morgan fingerprint density at radius 1 is 0.652 bits per heavy atom. The molecule has 0 saturated heterocycles. The van der Waals surface area contributed by atoms with Gasteiger partial charge in [0.15, 0.2) is 0 Å². The van der Waals surface area contributed by atoms with Gasteiger partial charge in [-0.15, -0.1) is 0 Å². The van der Waals surface area contributed by atoms with Crippen LogP contribution >= 0.6 is 0 Å². The number of phenolic OH excluding ortho intramolecular Hbond substituents is 1. The maximum Gasteiger partial charge on any atom is 0.411 e. The molecule has 0 fully saturated rings. The number of nitrogens with two attached hydrogens (primary N) is 1. The van der Waals surface area contributed by atoms with Gasteiger partial charge in [0.1, 0.15) is 5.75 Å². The molecule has 124 valence electrons. The monoisotopic (exact) mass is 335 g/mol. The number of benzene rings is 2. The number of aromatic hydroxyl groups is 1. The SMILES string of the molecule is Nc1ccc(C(c2ccc(O)cc2)(C(F)(F)F)C(F)(F)F)cc1. The van der Waals surface area contributed by atoms with Crippen LogP contribution in [0.25, 0.3) is 0 Å². The lowest BCUT2D eigenvalue weighted by Gasteiger charge is -2.38. The summed E-state index contributed by atoms with van der Waals surface area (Å²) in [6.45, 7) is 0. The first-order valence-electron chi connectivity index (χ1n) is 6.29. The number of hydrogen-bond acceptors (Lipinski definition) is 2. The van der Waals surface area contributed by atoms with Gasteiger partial charge in [-0.05, 0) is 35.4 Å². The molecule has 8 heteroatoms. The average Bonchev–Trinajstić information content (AvgIpc) is 2.40. The molecule has 0 aliphatic carbocycles. The summed E-state index contributed by atoms with van der Waals surface area (Å²) in [5, 5.41) is 9.16. The van der Waals surface area contributed by atoms with E-state index in [1.807, 2.05) is 0 Å². The highest BCUT2D eigenvalue weighted by atomic mass is 19.4. The van der Waals surface area contributed by atoms with Crippen LogP contribution in [0.4, 0.5) is 32.0 Å². The van der Waals surface area contributed by atoms with Crippen molar-refractivity contribution in [2.45, 2.75) is 17.8 Å². The van der Waals surface area contributed by atoms with Crippen molar-refractivity contribution in [2.75, 3.05) is 5.73 Å². The van der Waals surface area contributed by atoms with Gasteiger partial charge in [-0.25, -0.2) is 0 Å². The summed E-state index contributed by atoms with van der Waals surface area (Å²) in [4.78, 5) is 0. The second-order valence-electron chi connectivity index (χ2n) is 4.91. The van der Waals surface area contributed by atoms with Gasteiger partial charge in [0.05, 0.1) is 0 Å². The molecule has 0 bridgehead atoms. The minimum absolute atomic E-state index is 0.0395. The van der Waals surface area contributed by atoms with Crippen molar-refractivity contribution >= 4 is 5.69 Å². The lowest BCUT2D eigenvalue weighted by atomic mass is 9.73. The third-order valence-electron chi connectivity index (χ3n) is 3.49. The Morgan fingerprint density at radius 2 is 1.00 bits per heavy atom. The Labute approximate surface area is 127 Å². The Kier molecular flexibility index (Phi) is 3.96. The van der Waals surface area contributed by atoms with E-state index >= 15 is 0 Å². The van der Waals surface area contributed by atoms with Gasteiger partial charge < -0.3 is 10.8 Å². The molecule has 0 saturated carbocycles. The van der Waals surface area contributed by atoms with Gasteiger partial charge in [-0.1, -0.05) is 24.3 Å². The summed E-state index contributed by atoms with van der Waals surface area (Å²) in [6.07, 6.45) is -11.3. The van der Waals surface area contributed by atoms with Crippen LogP contribution in [-0.4, -0.2) is 17.5 Å². The first kappa shape index (κ1) is 17.0. The van der Waals surface area contributed by atoms with Crippen molar-refractivity contribution in [2.24, 2.45) is 0 Å². The van der Waals surface area contributed by atoms with E-state index in [4.69, 9.17) is 10.8 Å². The van der Waals surface area contributed by atoms with Crippen LogP contribution < -0.4 is 5.73 Å². The Morgan fingerprint density at radius 3 is 1.35 bits per heavy atom. The van der Waals surface area contributed by atoms with Crippen molar-refractivity contribution in [3.8, 4) is 5.75 Å². The summed E-state index contributed by atoms with van der Waals surface area (Å²) in [7, 11) is 0. The molecular weight excluding hydrogens is 324 g/mol. The molecule has 0 aliphatic heterocycles. The molecule has 2 aromatic rings. The highest BCUT2D eigenvalue weighted by Gasteiger charge is 2.72. The molecule has 0 spiro atoms. The lowest BCUT2D eigenvalue weighted by Crippen LogP contribution is -2.54. The smallest absolute Gasteiger partial charge is 0.411 e. The van der Waals surface area contributed by atoms with E-state index < -0.39 is 34.6 Å². The Hall–Kier alpha value is -2.38. The molecule has 23 heavy (non-hydrogen) atoms. The summed E-state index contributed by atoms with van der Waals surface area (Å²) in [5.74, 6) is -0.440. The van der Waals surface area contributed by atoms with Crippen molar-refractivity contribution < 1.29 is 31.4 Å². The van der Waals surface area contributed by atoms with Crippen LogP contribution in [0.1, 0.15) is 11.1 Å². The fraction of sp³-hybridized carbons (Fsp3) is 0.200. The molecule has 0 aromatic heterocycles. The van der Waals surface area contributed by atoms with Crippen LogP contribution in [0.5, 0.6) is 5.75 Å². The van der Waals surface area contributed by atoms with E-state index in [0.717, 1.165) is 24.3 Å². The molecule has 0 heterocycles. The van der Waals surface area contributed by atoms with Crippen LogP contribution in [-0.2, 0) is 5.41 Å². The maximum atomic E-state index is 13.6. The molecule has 0 radical (unpaired) electrons. The maximum absolute atomic E-state index is 13.6.